The average Bonchev–Trinajstić information content (AvgIpc) is 3.53. The molecule has 34 heavy (non-hydrogen) atoms. The van der Waals surface area contributed by atoms with Crippen LogP contribution in [0.1, 0.15) is 22.7 Å². The topological polar surface area (TPSA) is 79.5 Å². The first-order valence-electron chi connectivity index (χ1n) is 11.2. The maximum Gasteiger partial charge on any atom is 0.228 e. The summed E-state index contributed by atoms with van der Waals surface area (Å²) in [6.07, 6.45) is 0.789. The highest BCUT2D eigenvalue weighted by atomic mass is 32.1. The fourth-order valence-corrected chi connectivity index (χ4v) is 5.63. The number of anilines is 1. The number of aryl methyl sites for hydroxylation is 1. The van der Waals surface area contributed by atoms with Crippen LogP contribution in [0.15, 0.2) is 47.0 Å². The van der Waals surface area contributed by atoms with Gasteiger partial charge in [-0.15, -0.1) is 11.3 Å². The first kappa shape index (κ1) is 21.0. The number of fused-ring (bicyclic) bond motifs is 2. The lowest BCUT2D eigenvalue weighted by molar-refractivity contribution is -0.136. The van der Waals surface area contributed by atoms with Crippen LogP contribution in [0, 0.1) is 18.7 Å². The molecule has 1 atom stereocenters. The van der Waals surface area contributed by atoms with Gasteiger partial charge in [0.2, 0.25) is 11.8 Å². The molecule has 4 aromatic rings. The maximum atomic E-state index is 13.3. The van der Waals surface area contributed by atoms with Gasteiger partial charge in [0.05, 0.1) is 27.7 Å². The largest absolute Gasteiger partial charge is 0.356 e. The van der Waals surface area contributed by atoms with Crippen molar-refractivity contribution in [2.45, 2.75) is 26.3 Å². The lowest BCUT2D eigenvalue weighted by Gasteiger charge is -2.28. The molecule has 0 spiro atoms. The van der Waals surface area contributed by atoms with Gasteiger partial charge in [0.1, 0.15) is 11.5 Å². The van der Waals surface area contributed by atoms with E-state index in [1.54, 1.807) is 33.3 Å². The quantitative estimate of drug-likeness (QED) is 0.440. The van der Waals surface area contributed by atoms with Gasteiger partial charge in [-0.1, -0.05) is 5.16 Å². The van der Waals surface area contributed by atoms with Crippen molar-refractivity contribution in [3.05, 3.63) is 64.5 Å². The molecule has 4 heterocycles. The van der Waals surface area contributed by atoms with Crippen LogP contribution in [-0.2, 0) is 22.6 Å². The Hall–Kier alpha value is -3.59. The summed E-state index contributed by atoms with van der Waals surface area (Å²) < 4.78 is 19.9. The highest BCUT2D eigenvalue weighted by Gasteiger charge is 2.39. The molecule has 2 aromatic heterocycles. The molecule has 7 nitrogen and oxygen atoms in total. The summed E-state index contributed by atoms with van der Waals surface area (Å²) in [5.74, 6) is -0.182. The van der Waals surface area contributed by atoms with Crippen LogP contribution in [0.4, 0.5) is 10.1 Å². The summed E-state index contributed by atoms with van der Waals surface area (Å²) in [6.45, 7) is 3.18. The minimum atomic E-state index is -0.398. The molecule has 0 saturated carbocycles. The number of hydrogen-bond donors (Lipinski definition) is 0. The lowest BCUT2D eigenvalue weighted by Crippen LogP contribution is -2.40. The zero-order chi connectivity index (χ0) is 23.4. The van der Waals surface area contributed by atoms with Gasteiger partial charge in [-0.3, -0.25) is 9.59 Å². The Bertz CT molecular complexity index is 1430. The Morgan fingerprint density at radius 3 is 2.85 bits per heavy atom. The Kier molecular flexibility index (Phi) is 4.95. The second kappa shape index (κ2) is 8.02. The van der Waals surface area contributed by atoms with Crippen LogP contribution < -0.4 is 4.90 Å². The van der Waals surface area contributed by atoms with Crippen molar-refractivity contribution in [1.29, 1.82) is 0 Å². The van der Waals surface area contributed by atoms with Crippen LogP contribution in [0.3, 0.4) is 0 Å². The molecule has 6 rings (SSSR count). The predicted octanol–water partition coefficient (Wildman–Crippen LogP) is 4.34. The smallest absolute Gasteiger partial charge is 0.228 e. The zero-order valence-corrected chi connectivity index (χ0v) is 19.3. The van der Waals surface area contributed by atoms with Crippen LogP contribution >= 0.6 is 11.3 Å². The molecule has 0 N–H and O–H groups in total. The maximum absolute atomic E-state index is 13.3. The minimum absolute atomic E-state index is 0.0431. The van der Waals surface area contributed by atoms with Gasteiger partial charge in [0, 0.05) is 36.3 Å². The van der Waals surface area contributed by atoms with Crippen molar-refractivity contribution in [2.75, 3.05) is 18.0 Å². The van der Waals surface area contributed by atoms with Crippen molar-refractivity contribution >= 4 is 39.1 Å². The van der Waals surface area contributed by atoms with E-state index in [1.165, 1.54) is 12.1 Å². The van der Waals surface area contributed by atoms with Gasteiger partial charge in [0.25, 0.3) is 0 Å². The average molecular weight is 477 g/mol. The summed E-state index contributed by atoms with van der Waals surface area (Å²) in [6, 6.07) is 11.9. The number of thiazole rings is 1. The van der Waals surface area contributed by atoms with Gasteiger partial charge in [-0.2, -0.15) is 0 Å². The molecule has 1 fully saturated rings. The molecule has 1 unspecified atom stereocenters. The Morgan fingerprint density at radius 1 is 1.21 bits per heavy atom. The number of nitrogens with zero attached hydrogens (tertiary/aromatic N) is 4. The molecule has 0 radical (unpaired) electrons. The van der Waals surface area contributed by atoms with Gasteiger partial charge in [-0.05, 0) is 55.8 Å². The molecule has 2 aliphatic rings. The first-order chi connectivity index (χ1) is 16.5. The van der Waals surface area contributed by atoms with E-state index in [1.807, 2.05) is 25.1 Å². The number of hydrogen-bond acceptors (Lipinski definition) is 6. The fraction of sp³-hybridized carbons (Fsp3) is 0.280. The van der Waals surface area contributed by atoms with Gasteiger partial charge in [-0.25, -0.2) is 9.37 Å². The van der Waals surface area contributed by atoms with Crippen LogP contribution in [0.5, 0.6) is 0 Å². The molecule has 172 valence electrons. The van der Waals surface area contributed by atoms with Crippen LogP contribution in [-0.4, -0.2) is 39.9 Å². The van der Waals surface area contributed by atoms with Crippen LogP contribution in [0.25, 0.3) is 21.5 Å². The van der Waals surface area contributed by atoms with E-state index in [2.05, 4.69) is 10.1 Å². The lowest BCUT2D eigenvalue weighted by atomic mass is 9.99. The molecular formula is C25H21FN4O3S. The van der Waals surface area contributed by atoms with Crippen molar-refractivity contribution in [3.63, 3.8) is 0 Å². The summed E-state index contributed by atoms with van der Waals surface area (Å²) in [5, 5.41) is 5.16. The van der Waals surface area contributed by atoms with Gasteiger partial charge in [0.15, 0.2) is 5.76 Å². The van der Waals surface area contributed by atoms with E-state index in [0.29, 0.717) is 37.5 Å². The molecular weight excluding hydrogens is 455 g/mol. The highest BCUT2D eigenvalue weighted by molar-refractivity contribution is 7.18. The number of amides is 2. The monoisotopic (exact) mass is 476 g/mol. The highest BCUT2D eigenvalue weighted by Crippen LogP contribution is 2.33. The van der Waals surface area contributed by atoms with Crippen molar-refractivity contribution in [1.82, 2.24) is 15.0 Å². The molecule has 1 saturated heterocycles. The fourth-order valence-electron chi connectivity index (χ4n) is 4.83. The van der Waals surface area contributed by atoms with Crippen molar-refractivity contribution in [2.24, 2.45) is 5.92 Å². The Labute approximate surface area is 198 Å². The zero-order valence-electron chi connectivity index (χ0n) is 18.5. The molecule has 2 aliphatic heterocycles. The first-order valence-corrected chi connectivity index (χ1v) is 12.0. The Balaban J connectivity index is 1.17. The van der Waals surface area contributed by atoms with Gasteiger partial charge < -0.3 is 14.3 Å². The van der Waals surface area contributed by atoms with Gasteiger partial charge >= 0.3 is 0 Å². The third-order valence-electron chi connectivity index (χ3n) is 6.52. The van der Waals surface area contributed by atoms with E-state index in [0.717, 1.165) is 32.0 Å². The number of carbonyl (C=O) groups is 2. The second-order valence-electron chi connectivity index (χ2n) is 8.74. The number of halogens is 1. The van der Waals surface area contributed by atoms with Crippen molar-refractivity contribution < 1.29 is 18.5 Å². The molecule has 9 heteroatoms. The van der Waals surface area contributed by atoms with Crippen LogP contribution in [0.2, 0.25) is 0 Å². The molecule has 2 aromatic carbocycles. The standard InChI is InChI=1S/C25H21FN4O3S/c1-14-27-20-11-18(6-7-22(20)34-14)30-12-16(10-23(30)31)25(32)29-9-8-19-21(13-29)28-33-24(19)15-2-4-17(26)5-3-15/h2-7,11,16H,8-10,12-13H2,1H3. The third-order valence-corrected chi connectivity index (χ3v) is 7.48. The van der Waals surface area contributed by atoms with E-state index in [-0.39, 0.29) is 24.1 Å². The van der Waals surface area contributed by atoms with E-state index < -0.39 is 5.92 Å². The number of rotatable bonds is 3. The molecule has 0 bridgehead atoms. The van der Waals surface area contributed by atoms with E-state index >= 15 is 0 Å². The summed E-state index contributed by atoms with van der Waals surface area (Å²) in [7, 11) is 0. The molecule has 0 aliphatic carbocycles. The minimum Gasteiger partial charge on any atom is -0.356 e. The predicted molar refractivity (Wildman–Crippen MR) is 126 cm³/mol. The van der Waals surface area contributed by atoms with E-state index in [9.17, 15) is 14.0 Å². The second-order valence-corrected chi connectivity index (χ2v) is 9.98. The number of benzene rings is 2. The summed E-state index contributed by atoms with van der Waals surface area (Å²) >= 11 is 1.62. The summed E-state index contributed by atoms with van der Waals surface area (Å²) in [4.78, 5) is 34.0. The molecule has 2 amide bonds. The van der Waals surface area contributed by atoms with E-state index in [4.69, 9.17) is 4.52 Å². The third kappa shape index (κ3) is 3.56. The summed E-state index contributed by atoms with van der Waals surface area (Å²) in [5.41, 5.74) is 4.07. The number of carbonyl (C=O) groups excluding carboxylic acids is 2. The SMILES string of the molecule is Cc1nc2cc(N3CC(C(=O)N4CCc5c(noc5-c5ccc(F)cc5)C4)CC3=O)ccc2s1. The number of aromatic nitrogens is 2. The Morgan fingerprint density at radius 2 is 2.03 bits per heavy atom. The van der Waals surface area contributed by atoms with Crippen molar-refractivity contribution in [3.8, 4) is 11.3 Å². The normalized spacial score (nSPS) is 18.1.